The van der Waals surface area contributed by atoms with E-state index >= 15 is 0 Å². The van der Waals surface area contributed by atoms with Gasteiger partial charge in [0.05, 0.1) is 5.92 Å². The largest absolute Gasteiger partial charge is 0.341 e. The standard InChI is InChI=1S/C24H31N3O2/c1-3-26-14-15-27(23(28)12-13-25)17-21(24(26)29)16-20-6-4-5-7-22(20)19-10-8-18(2)9-11-19/h4-11,21H,3,12-17,25H2,1-2H3/t21-/m0/s1. The molecule has 0 aromatic heterocycles. The molecule has 0 spiro atoms. The molecule has 154 valence electrons. The summed E-state index contributed by atoms with van der Waals surface area (Å²) in [5.41, 5.74) is 10.2. The first kappa shape index (κ1) is 21.1. The monoisotopic (exact) mass is 393 g/mol. The number of carbonyl (C=O) groups is 2. The molecule has 0 saturated carbocycles. The fourth-order valence-corrected chi connectivity index (χ4v) is 4.00. The number of likely N-dealkylation sites (N-methyl/N-ethyl adjacent to an activating group) is 1. The summed E-state index contributed by atoms with van der Waals surface area (Å²) >= 11 is 0. The lowest BCUT2D eigenvalue weighted by Gasteiger charge is -2.24. The van der Waals surface area contributed by atoms with Crippen molar-refractivity contribution in [3.8, 4) is 11.1 Å². The van der Waals surface area contributed by atoms with Crippen LogP contribution in [-0.2, 0) is 16.0 Å². The number of nitrogens with zero attached hydrogens (tertiary/aromatic N) is 2. The van der Waals surface area contributed by atoms with Crippen LogP contribution in [0.1, 0.15) is 24.5 Å². The summed E-state index contributed by atoms with van der Waals surface area (Å²) in [5, 5.41) is 0. The molecule has 2 amide bonds. The zero-order chi connectivity index (χ0) is 20.8. The van der Waals surface area contributed by atoms with E-state index in [9.17, 15) is 9.59 Å². The van der Waals surface area contributed by atoms with Gasteiger partial charge in [0.15, 0.2) is 0 Å². The Hall–Kier alpha value is -2.66. The molecule has 1 atom stereocenters. The van der Waals surface area contributed by atoms with Crippen molar-refractivity contribution in [2.45, 2.75) is 26.7 Å². The number of hydrogen-bond donors (Lipinski definition) is 1. The SMILES string of the molecule is CCN1CCN(C(=O)CCN)C[C@H](Cc2ccccc2-c2ccc(C)cc2)C1=O. The van der Waals surface area contributed by atoms with Crippen LogP contribution < -0.4 is 5.73 Å². The Bertz CT molecular complexity index is 847. The minimum Gasteiger partial charge on any atom is -0.341 e. The highest BCUT2D eigenvalue weighted by Gasteiger charge is 2.31. The molecule has 2 N–H and O–H groups in total. The Balaban J connectivity index is 1.89. The summed E-state index contributed by atoms with van der Waals surface area (Å²) in [5.74, 6) is -0.0740. The zero-order valence-electron chi connectivity index (χ0n) is 17.4. The van der Waals surface area contributed by atoms with E-state index in [-0.39, 0.29) is 17.7 Å². The van der Waals surface area contributed by atoms with Crippen LogP contribution in [0.4, 0.5) is 0 Å². The maximum Gasteiger partial charge on any atom is 0.227 e. The van der Waals surface area contributed by atoms with Crippen LogP contribution in [0.2, 0.25) is 0 Å². The summed E-state index contributed by atoms with van der Waals surface area (Å²) in [6.45, 7) is 6.68. The van der Waals surface area contributed by atoms with Crippen molar-refractivity contribution >= 4 is 11.8 Å². The van der Waals surface area contributed by atoms with E-state index in [1.165, 1.54) is 5.56 Å². The van der Waals surface area contributed by atoms with Crippen molar-refractivity contribution in [1.82, 2.24) is 9.80 Å². The zero-order valence-corrected chi connectivity index (χ0v) is 17.4. The van der Waals surface area contributed by atoms with Crippen molar-refractivity contribution in [2.75, 3.05) is 32.7 Å². The first-order valence-electron chi connectivity index (χ1n) is 10.4. The van der Waals surface area contributed by atoms with Gasteiger partial charge < -0.3 is 15.5 Å². The molecule has 1 heterocycles. The first-order chi connectivity index (χ1) is 14.0. The molecule has 1 fully saturated rings. The third-order valence-electron chi connectivity index (χ3n) is 5.68. The lowest BCUT2D eigenvalue weighted by molar-refractivity contribution is -0.134. The molecule has 3 rings (SSSR count). The second kappa shape index (κ2) is 9.70. The highest BCUT2D eigenvalue weighted by atomic mass is 16.2. The lowest BCUT2D eigenvalue weighted by atomic mass is 9.91. The van der Waals surface area contributed by atoms with E-state index in [4.69, 9.17) is 5.73 Å². The second-order valence-electron chi connectivity index (χ2n) is 7.72. The van der Waals surface area contributed by atoms with Crippen LogP contribution in [0, 0.1) is 12.8 Å². The summed E-state index contributed by atoms with van der Waals surface area (Å²) in [4.78, 5) is 29.3. The first-order valence-corrected chi connectivity index (χ1v) is 10.4. The number of aryl methyl sites for hydroxylation is 1. The van der Waals surface area contributed by atoms with Crippen LogP contribution in [0.15, 0.2) is 48.5 Å². The summed E-state index contributed by atoms with van der Waals surface area (Å²) in [6.07, 6.45) is 0.943. The normalized spacial score (nSPS) is 17.3. The predicted molar refractivity (Wildman–Crippen MR) is 116 cm³/mol. The Labute approximate surface area is 173 Å². The maximum atomic E-state index is 13.2. The molecular weight excluding hydrogens is 362 g/mol. The number of carbonyl (C=O) groups excluding carboxylic acids is 2. The third kappa shape index (κ3) is 5.04. The van der Waals surface area contributed by atoms with Gasteiger partial charge in [-0.25, -0.2) is 0 Å². The molecule has 1 saturated heterocycles. The van der Waals surface area contributed by atoms with Gasteiger partial charge in [-0.15, -0.1) is 0 Å². The minimum absolute atomic E-state index is 0.0371. The van der Waals surface area contributed by atoms with E-state index in [2.05, 4.69) is 43.3 Å². The van der Waals surface area contributed by atoms with E-state index in [0.717, 1.165) is 16.7 Å². The van der Waals surface area contributed by atoms with Gasteiger partial charge in [0.25, 0.3) is 0 Å². The van der Waals surface area contributed by atoms with Gasteiger partial charge in [0, 0.05) is 39.1 Å². The molecule has 29 heavy (non-hydrogen) atoms. The summed E-state index contributed by atoms with van der Waals surface area (Å²) in [6, 6.07) is 16.7. The smallest absolute Gasteiger partial charge is 0.227 e. The van der Waals surface area contributed by atoms with Crippen molar-refractivity contribution in [3.63, 3.8) is 0 Å². The number of amides is 2. The molecule has 0 aliphatic carbocycles. The Morgan fingerprint density at radius 1 is 1.10 bits per heavy atom. The second-order valence-corrected chi connectivity index (χ2v) is 7.72. The summed E-state index contributed by atoms with van der Waals surface area (Å²) < 4.78 is 0. The Morgan fingerprint density at radius 3 is 2.52 bits per heavy atom. The average molecular weight is 394 g/mol. The van der Waals surface area contributed by atoms with Gasteiger partial charge in [-0.2, -0.15) is 0 Å². The quantitative estimate of drug-likeness (QED) is 0.821. The molecule has 2 aromatic rings. The maximum absolute atomic E-state index is 13.2. The molecule has 1 aliphatic rings. The Morgan fingerprint density at radius 2 is 1.83 bits per heavy atom. The number of rotatable bonds is 6. The van der Waals surface area contributed by atoms with Crippen LogP contribution >= 0.6 is 0 Å². The summed E-state index contributed by atoms with van der Waals surface area (Å²) in [7, 11) is 0. The highest BCUT2D eigenvalue weighted by Crippen LogP contribution is 2.27. The van der Waals surface area contributed by atoms with Gasteiger partial charge in [-0.1, -0.05) is 54.1 Å². The van der Waals surface area contributed by atoms with Crippen molar-refractivity contribution < 1.29 is 9.59 Å². The number of hydrogen-bond acceptors (Lipinski definition) is 3. The van der Waals surface area contributed by atoms with Crippen molar-refractivity contribution in [3.05, 3.63) is 59.7 Å². The van der Waals surface area contributed by atoms with E-state index < -0.39 is 0 Å². The topological polar surface area (TPSA) is 66.6 Å². The fraction of sp³-hybridized carbons (Fsp3) is 0.417. The van der Waals surface area contributed by atoms with Crippen LogP contribution in [0.5, 0.6) is 0 Å². The molecule has 0 unspecified atom stereocenters. The van der Waals surface area contributed by atoms with E-state index in [1.54, 1.807) is 0 Å². The highest BCUT2D eigenvalue weighted by molar-refractivity contribution is 5.83. The van der Waals surface area contributed by atoms with Gasteiger partial charge in [-0.05, 0) is 37.0 Å². The van der Waals surface area contributed by atoms with E-state index in [0.29, 0.717) is 45.6 Å². The molecule has 0 bridgehead atoms. The van der Waals surface area contributed by atoms with Crippen LogP contribution in [0.25, 0.3) is 11.1 Å². The van der Waals surface area contributed by atoms with Crippen LogP contribution in [-0.4, -0.2) is 54.3 Å². The number of nitrogens with two attached hydrogens (primary N) is 1. The van der Waals surface area contributed by atoms with Gasteiger partial charge in [0.1, 0.15) is 0 Å². The lowest BCUT2D eigenvalue weighted by Crippen LogP contribution is -2.38. The third-order valence-corrected chi connectivity index (χ3v) is 5.68. The minimum atomic E-state index is -0.245. The number of benzene rings is 2. The van der Waals surface area contributed by atoms with Gasteiger partial charge >= 0.3 is 0 Å². The molecule has 2 aromatic carbocycles. The molecule has 5 heteroatoms. The fourth-order valence-electron chi connectivity index (χ4n) is 4.00. The van der Waals surface area contributed by atoms with E-state index in [1.807, 2.05) is 28.9 Å². The Kier molecular flexibility index (Phi) is 7.04. The molecule has 5 nitrogen and oxygen atoms in total. The average Bonchev–Trinajstić information content (AvgIpc) is 2.88. The van der Waals surface area contributed by atoms with Gasteiger partial charge in [0.2, 0.25) is 11.8 Å². The van der Waals surface area contributed by atoms with Gasteiger partial charge in [-0.3, -0.25) is 9.59 Å². The molecule has 1 aliphatic heterocycles. The van der Waals surface area contributed by atoms with Crippen molar-refractivity contribution in [1.29, 1.82) is 0 Å². The van der Waals surface area contributed by atoms with Crippen molar-refractivity contribution in [2.24, 2.45) is 11.7 Å². The predicted octanol–water partition coefficient (Wildman–Crippen LogP) is 2.86. The molecular formula is C24H31N3O2. The van der Waals surface area contributed by atoms with Crippen LogP contribution in [0.3, 0.4) is 0 Å². The molecule has 0 radical (unpaired) electrons.